The van der Waals surface area contributed by atoms with Crippen molar-refractivity contribution in [3.63, 3.8) is 0 Å². The molecule has 1 heterocycles. The number of likely N-dealkylation sites (N-methyl/N-ethyl adjacent to an activating group) is 1. The van der Waals surface area contributed by atoms with Gasteiger partial charge in [0.05, 0.1) is 0 Å². The molecule has 1 aliphatic heterocycles. The average molecular weight is 227 g/mol. The van der Waals surface area contributed by atoms with Gasteiger partial charge >= 0.3 is 0 Å². The fraction of sp³-hybridized carbons (Fsp3) is 1.00. The summed E-state index contributed by atoms with van der Waals surface area (Å²) < 4.78 is 0. The SMILES string of the molecule is CC(C)CC(CNCC1CCCN1)N(C)C. The van der Waals surface area contributed by atoms with Crippen molar-refractivity contribution in [2.24, 2.45) is 5.92 Å². The number of hydrogen-bond donors (Lipinski definition) is 2. The molecule has 2 N–H and O–H groups in total. The van der Waals surface area contributed by atoms with Gasteiger partial charge < -0.3 is 15.5 Å². The molecule has 1 saturated heterocycles. The zero-order valence-corrected chi connectivity index (χ0v) is 11.4. The van der Waals surface area contributed by atoms with E-state index in [1.165, 1.54) is 25.8 Å². The van der Waals surface area contributed by atoms with Crippen LogP contribution in [0.2, 0.25) is 0 Å². The van der Waals surface area contributed by atoms with Gasteiger partial charge in [0.25, 0.3) is 0 Å². The molecule has 0 aromatic carbocycles. The van der Waals surface area contributed by atoms with Gasteiger partial charge in [-0.1, -0.05) is 13.8 Å². The fourth-order valence-electron chi connectivity index (χ4n) is 2.38. The van der Waals surface area contributed by atoms with Gasteiger partial charge in [-0.05, 0) is 45.8 Å². The van der Waals surface area contributed by atoms with Gasteiger partial charge in [0.15, 0.2) is 0 Å². The summed E-state index contributed by atoms with van der Waals surface area (Å²) in [7, 11) is 4.37. The van der Waals surface area contributed by atoms with Crippen LogP contribution in [0.1, 0.15) is 33.1 Å². The molecular weight excluding hydrogens is 198 g/mol. The van der Waals surface area contributed by atoms with E-state index in [0.29, 0.717) is 12.1 Å². The second-order valence-corrected chi connectivity index (χ2v) is 5.70. The van der Waals surface area contributed by atoms with Crippen LogP contribution in [0.4, 0.5) is 0 Å². The Morgan fingerprint density at radius 1 is 1.38 bits per heavy atom. The van der Waals surface area contributed by atoms with Crippen molar-refractivity contribution < 1.29 is 0 Å². The highest BCUT2D eigenvalue weighted by Crippen LogP contribution is 2.08. The molecule has 2 unspecified atom stereocenters. The third-order valence-electron chi connectivity index (χ3n) is 3.41. The topological polar surface area (TPSA) is 27.3 Å². The summed E-state index contributed by atoms with van der Waals surface area (Å²) in [6, 6.07) is 1.38. The standard InChI is InChI=1S/C13H29N3/c1-11(2)8-13(16(3)4)10-14-9-12-6-5-7-15-12/h11-15H,5-10H2,1-4H3. The lowest BCUT2D eigenvalue weighted by Gasteiger charge is -2.27. The molecule has 0 saturated carbocycles. The summed E-state index contributed by atoms with van der Waals surface area (Å²) in [6.07, 6.45) is 3.96. The average Bonchev–Trinajstić information content (AvgIpc) is 2.68. The highest BCUT2D eigenvalue weighted by Gasteiger charge is 2.16. The minimum absolute atomic E-state index is 0.668. The van der Waals surface area contributed by atoms with Gasteiger partial charge in [-0.15, -0.1) is 0 Å². The zero-order chi connectivity index (χ0) is 12.0. The Morgan fingerprint density at radius 3 is 2.62 bits per heavy atom. The minimum Gasteiger partial charge on any atom is -0.314 e. The lowest BCUT2D eigenvalue weighted by molar-refractivity contribution is 0.245. The first-order valence-electron chi connectivity index (χ1n) is 6.70. The van der Waals surface area contributed by atoms with Gasteiger partial charge in [-0.3, -0.25) is 0 Å². The van der Waals surface area contributed by atoms with Crippen LogP contribution < -0.4 is 10.6 Å². The predicted octanol–water partition coefficient (Wildman–Crippen LogP) is 1.30. The summed E-state index contributed by atoms with van der Waals surface area (Å²) in [5.41, 5.74) is 0. The van der Waals surface area contributed by atoms with Crippen LogP contribution in [0.3, 0.4) is 0 Å². The number of nitrogens with one attached hydrogen (secondary N) is 2. The molecule has 0 amide bonds. The van der Waals surface area contributed by atoms with Crippen LogP contribution in [0.15, 0.2) is 0 Å². The maximum absolute atomic E-state index is 3.61. The molecule has 1 rings (SSSR count). The second-order valence-electron chi connectivity index (χ2n) is 5.70. The summed E-state index contributed by atoms with van der Waals surface area (Å²) in [5.74, 6) is 0.777. The van der Waals surface area contributed by atoms with E-state index in [0.717, 1.165) is 19.0 Å². The third-order valence-corrected chi connectivity index (χ3v) is 3.41. The second kappa shape index (κ2) is 7.25. The summed E-state index contributed by atoms with van der Waals surface area (Å²) in [6.45, 7) is 8.05. The van der Waals surface area contributed by atoms with Gasteiger partial charge in [0.2, 0.25) is 0 Å². The van der Waals surface area contributed by atoms with Crippen molar-refractivity contribution in [2.45, 2.75) is 45.2 Å². The highest BCUT2D eigenvalue weighted by atomic mass is 15.1. The quantitative estimate of drug-likeness (QED) is 0.686. The Balaban J connectivity index is 2.15. The molecule has 3 nitrogen and oxygen atoms in total. The van der Waals surface area contributed by atoms with Crippen LogP contribution in [-0.4, -0.2) is 50.7 Å². The van der Waals surface area contributed by atoms with Crippen LogP contribution in [0.5, 0.6) is 0 Å². The summed E-state index contributed by atoms with van der Waals surface area (Å²) >= 11 is 0. The third kappa shape index (κ3) is 5.28. The predicted molar refractivity (Wildman–Crippen MR) is 70.8 cm³/mol. The van der Waals surface area contributed by atoms with Crippen molar-refractivity contribution in [1.82, 2.24) is 15.5 Å². The molecule has 0 radical (unpaired) electrons. The maximum atomic E-state index is 3.61. The molecule has 0 aromatic rings. The van der Waals surface area contributed by atoms with E-state index in [4.69, 9.17) is 0 Å². The monoisotopic (exact) mass is 227 g/mol. The Kier molecular flexibility index (Phi) is 6.32. The van der Waals surface area contributed by atoms with E-state index in [1.807, 2.05) is 0 Å². The number of nitrogens with zero attached hydrogens (tertiary/aromatic N) is 1. The largest absolute Gasteiger partial charge is 0.314 e. The first kappa shape index (κ1) is 13.9. The van der Waals surface area contributed by atoms with Gasteiger partial charge in [-0.2, -0.15) is 0 Å². The highest BCUT2D eigenvalue weighted by molar-refractivity contribution is 4.78. The number of hydrogen-bond acceptors (Lipinski definition) is 3. The van der Waals surface area contributed by atoms with E-state index in [9.17, 15) is 0 Å². The number of rotatable bonds is 7. The summed E-state index contributed by atoms with van der Waals surface area (Å²) in [5, 5.41) is 7.13. The van der Waals surface area contributed by atoms with Gasteiger partial charge in [-0.25, -0.2) is 0 Å². The lowest BCUT2D eigenvalue weighted by Crippen LogP contribution is -2.42. The lowest BCUT2D eigenvalue weighted by atomic mass is 10.0. The smallest absolute Gasteiger partial charge is 0.0216 e. The molecule has 1 fully saturated rings. The zero-order valence-electron chi connectivity index (χ0n) is 11.4. The Bertz CT molecular complexity index is 174. The molecule has 2 atom stereocenters. The van der Waals surface area contributed by atoms with Crippen molar-refractivity contribution in [1.29, 1.82) is 0 Å². The molecule has 16 heavy (non-hydrogen) atoms. The van der Waals surface area contributed by atoms with Crippen molar-refractivity contribution in [2.75, 3.05) is 33.7 Å². The van der Waals surface area contributed by atoms with Gasteiger partial charge in [0.1, 0.15) is 0 Å². The van der Waals surface area contributed by atoms with E-state index in [1.54, 1.807) is 0 Å². The van der Waals surface area contributed by atoms with Crippen LogP contribution >= 0.6 is 0 Å². The van der Waals surface area contributed by atoms with Crippen LogP contribution in [-0.2, 0) is 0 Å². The Hall–Kier alpha value is -0.120. The normalized spacial score (nSPS) is 23.2. The molecule has 1 aliphatic rings. The van der Waals surface area contributed by atoms with E-state index in [2.05, 4.69) is 43.5 Å². The molecule has 0 spiro atoms. The molecule has 3 heteroatoms. The molecular formula is C13H29N3. The van der Waals surface area contributed by atoms with Crippen molar-refractivity contribution >= 4 is 0 Å². The minimum atomic E-state index is 0.668. The van der Waals surface area contributed by atoms with Crippen molar-refractivity contribution in [3.05, 3.63) is 0 Å². The maximum Gasteiger partial charge on any atom is 0.0216 e. The molecule has 96 valence electrons. The molecule has 0 aliphatic carbocycles. The Labute approximate surface area is 101 Å². The Morgan fingerprint density at radius 2 is 2.12 bits per heavy atom. The van der Waals surface area contributed by atoms with Crippen LogP contribution in [0, 0.1) is 5.92 Å². The first-order valence-corrected chi connectivity index (χ1v) is 6.70. The fourth-order valence-corrected chi connectivity index (χ4v) is 2.38. The van der Waals surface area contributed by atoms with E-state index in [-0.39, 0.29) is 0 Å². The molecule has 0 aromatic heterocycles. The van der Waals surface area contributed by atoms with E-state index >= 15 is 0 Å². The van der Waals surface area contributed by atoms with E-state index < -0.39 is 0 Å². The molecule has 0 bridgehead atoms. The first-order chi connectivity index (χ1) is 7.59. The summed E-state index contributed by atoms with van der Waals surface area (Å²) in [4.78, 5) is 2.34. The van der Waals surface area contributed by atoms with Gasteiger partial charge in [0, 0.05) is 25.2 Å². The van der Waals surface area contributed by atoms with Crippen molar-refractivity contribution in [3.8, 4) is 0 Å². The van der Waals surface area contributed by atoms with Crippen LogP contribution in [0.25, 0.3) is 0 Å².